The molecular weight excluding hydrogens is 318 g/mol. The minimum Gasteiger partial charge on any atom is -0.419 e. The molecule has 0 spiro atoms. The van der Waals surface area contributed by atoms with Crippen LogP contribution in [0.25, 0.3) is 11.5 Å². The molecule has 25 heavy (non-hydrogen) atoms. The first kappa shape index (κ1) is 16.0. The van der Waals surface area contributed by atoms with Crippen molar-refractivity contribution in [3.63, 3.8) is 0 Å². The maximum Gasteiger partial charge on any atom is 0.247 e. The van der Waals surface area contributed by atoms with Crippen LogP contribution in [-0.4, -0.2) is 20.3 Å². The Kier molecular flexibility index (Phi) is 4.31. The number of hydrogen-bond donors (Lipinski definition) is 1. The molecule has 0 unspecified atom stereocenters. The van der Waals surface area contributed by atoms with E-state index in [-0.39, 0.29) is 5.54 Å². The molecule has 7 heteroatoms. The zero-order valence-corrected chi connectivity index (χ0v) is 14.2. The first-order valence-corrected chi connectivity index (χ1v) is 8.69. The summed E-state index contributed by atoms with van der Waals surface area (Å²) in [6, 6.07) is 9.77. The van der Waals surface area contributed by atoms with Crippen LogP contribution in [0.3, 0.4) is 0 Å². The summed E-state index contributed by atoms with van der Waals surface area (Å²) in [5, 5.41) is 16.0. The van der Waals surface area contributed by atoms with E-state index in [1.807, 2.05) is 37.3 Å². The van der Waals surface area contributed by atoms with Crippen LogP contribution in [0, 0.1) is 6.92 Å². The van der Waals surface area contributed by atoms with Gasteiger partial charge in [0.25, 0.3) is 0 Å². The molecule has 1 saturated carbocycles. The van der Waals surface area contributed by atoms with E-state index in [2.05, 4.69) is 25.7 Å². The Morgan fingerprint density at radius 1 is 1.08 bits per heavy atom. The maximum absolute atomic E-state index is 5.80. The Morgan fingerprint density at radius 3 is 2.60 bits per heavy atom. The lowest BCUT2D eigenvalue weighted by molar-refractivity contribution is 0.204. The molecule has 3 aromatic rings. The number of aromatic nitrogens is 4. The summed E-state index contributed by atoms with van der Waals surface area (Å²) in [5.74, 6) is 2.41. The van der Waals surface area contributed by atoms with Gasteiger partial charge >= 0.3 is 0 Å². The van der Waals surface area contributed by atoms with Crippen LogP contribution >= 0.6 is 0 Å². The standard InChI is InChI=1S/C18H21N5O2/c1-13-20-17(23-25-13)18(10-6-3-7-11-18)19-12-15-21-22-16(24-15)14-8-4-2-5-9-14/h2,4-5,8-9,19H,3,6-7,10-12H2,1H3. The topological polar surface area (TPSA) is 89.9 Å². The third-order valence-corrected chi connectivity index (χ3v) is 4.73. The molecule has 1 aliphatic rings. The Labute approximate surface area is 145 Å². The molecule has 1 N–H and O–H groups in total. The fourth-order valence-corrected chi connectivity index (χ4v) is 3.40. The highest BCUT2D eigenvalue weighted by Gasteiger charge is 2.38. The van der Waals surface area contributed by atoms with E-state index in [1.54, 1.807) is 0 Å². The highest BCUT2D eigenvalue weighted by atomic mass is 16.5. The molecule has 0 aliphatic heterocycles. The van der Waals surface area contributed by atoms with Gasteiger partial charge in [-0.1, -0.05) is 42.6 Å². The van der Waals surface area contributed by atoms with Gasteiger partial charge in [0.05, 0.1) is 12.1 Å². The summed E-state index contributed by atoms with van der Waals surface area (Å²) >= 11 is 0. The van der Waals surface area contributed by atoms with E-state index in [4.69, 9.17) is 8.94 Å². The summed E-state index contributed by atoms with van der Waals surface area (Å²) in [7, 11) is 0. The van der Waals surface area contributed by atoms with E-state index in [1.165, 1.54) is 6.42 Å². The molecule has 0 amide bonds. The van der Waals surface area contributed by atoms with E-state index in [9.17, 15) is 0 Å². The van der Waals surface area contributed by atoms with Gasteiger partial charge in [0.2, 0.25) is 17.7 Å². The van der Waals surface area contributed by atoms with Gasteiger partial charge in [-0.3, -0.25) is 5.32 Å². The minimum absolute atomic E-state index is 0.280. The van der Waals surface area contributed by atoms with Crippen LogP contribution < -0.4 is 5.32 Å². The van der Waals surface area contributed by atoms with E-state index >= 15 is 0 Å². The van der Waals surface area contributed by atoms with Gasteiger partial charge < -0.3 is 8.94 Å². The first-order chi connectivity index (χ1) is 12.3. The van der Waals surface area contributed by atoms with Gasteiger partial charge in [0.1, 0.15) is 0 Å². The Balaban J connectivity index is 1.51. The Morgan fingerprint density at radius 2 is 1.88 bits per heavy atom. The quantitative estimate of drug-likeness (QED) is 0.762. The zero-order valence-electron chi connectivity index (χ0n) is 14.2. The van der Waals surface area contributed by atoms with E-state index < -0.39 is 0 Å². The summed E-state index contributed by atoms with van der Waals surface area (Å²) in [6.45, 7) is 2.30. The largest absolute Gasteiger partial charge is 0.419 e. The monoisotopic (exact) mass is 339 g/mol. The third-order valence-electron chi connectivity index (χ3n) is 4.73. The van der Waals surface area contributed by atoms with Gasteiger partial charge in [0, 0.05) is 12.5 Å². The number of nitrogens with zero attached hydrogens (tertiary/aromatic N) is 4. The van der Waals surface area contributed by atoms with Gasteiger partial charge in [-0.05, 0) is 25.0 Å². The molecule has 7 nitrogen and oxygen atoms in total. The molecule has 0 radical (unpaired) electrons. The molecule has 130 valence electrons. The zero-order chi connectivity index (χ0) is 17.1. The molecule has 4 rings (SSSR count). The Bertz CT molecular complexity index is 821. The van der Waals surface area contributed by atoms with Crippen molar-refractivity contribution in [2.45, 2.75) is 51.1 Å². The third kappa shape index (κ3) is 3.32. The Hall–Kier alpha value is -2.54. The smallest absolute Gasteiger partial charge is 0.247 e. The number of rotatable bonds is 5. The lowest BCUT2D eigenvalue weighted by Crippen LogP contribution is -2.44. The van der Waals surface area contributed by atoms with Gasteiger partial charge in [0.15, 0.2) is 5.82 Å². The van der Waals surface area contributed by atoms with Crippen molar-refractivity contribution in [3.8, 4) is 11.5 Å². The van der Waals surface area contributed by atoms with Gasteiger partial charge in [-0.2, -0.15) is 4.98 Å². The van der Waals surface area contributed by atoms with Crippen LogP contribution in [0.15, 0.2) is 39.3 Å². The van der Waals surface area contributed by atoms with Crippen molar-refractivity contribution >= 4 is 0 Å². The second-order valence-electron chi connectivity index (χ2n) is 6.50. The number of benzene rings is 1. The molecule has 0 saturated heterocycles. The van der Waals surface area contributed by atoms with Crippen LogP contribution in [0.5, 0.6) is 0 Å². The molecule has 0 atom stereocenters. The van der Waals surface area contributed by atoms with Crippen molar-refractivity contribution in [2.24, 2.45) is 0 Å². The molecular formula is C18H21N5O2. The minimum atomic E-state index is -0.280. The fourth-order valence-electron chi connectivity index (χ4n) is 3.40. The van der Waals surface area contributed by atoms with Crippen molar-refractivity contribution < 1.29 is 8.94 Å². The van der Waals surface area contributed by atoms with Crippen LogP contribution in [-0.2, 0) is 12.1 Å². The predicted molar refractivity (Wildman–Crippen MR) is 90.4 cm³/mol. The number of aryl methyl sites for hydroxylation is 1. The summed E-state index contributed by atoms with van der Waals surface area (Å²) in [5.41, 5.74) is 0.639. The van der Waals surface area contributed by atoms with Crippen molar-refractivity contribution in [2.75, 3.05) is 0 Å². The summed E-state index contributed by atoms with van der Waals surface area (Å²) in [4.78, 5) is 4.46. The number of nitrogens with one attached hydrogen (secondary N) is 1. The average Bonchev–Trinajstić information content (AvgIpc) is 3.31. The van der Waals surface area contributed by atoms with Crippen LogP contribution in [0.2, 0.25) is 0 Å². The second-order valence-corrected chi connectivity index (χ2v) is 6.50. The van der Waals surface area contributed by atoms with Crippen molar-refractivity contribution in [3.05, 3.63) is 47.9 Å². The van der Waals surface area contributed by atoms with Gasteiger partial charge in [-0.25, -0.2) is 0 Å². The van der Waals surface area contributed by atoms with Crippen LogP contribution in [0.4, 0.5) is 0 Å². The predicted octanol–water partition coefficient (Wildman–Crippen LogP) is 3.38. The van der Waals surface area contributed by atoms with Crippen molar-refractivity contribution in [1.29, 1.82) is 0 Å². The number of hydrogen-bond acceptors (Lipinski definition) is 7. The van der Waals surface area contributed by atoms with Crippen LogP contribution in [0.1, 0.15) is 49.7 Å². The highest BCUT2D eigenvalue weighted by molar-refractivity contribution is 5.51. The molecule has 1 fully saturated rings. The normalized spacial score (nSPS) is 16.8. The summed E-state index contributed by atoms with van der Waals surface area (Å²) in [6.07, 6.45) is 5.47. The molecule has 1 aromatic carbocycles. The van der Waals surface area contributed by atoms with E-state index in [0.717, 1.165) is 37.1 Å². The fraction of sp³-hybridized carbons (Fsp3) is 0.444. The molecule has 2 heterocycles. The second kappa shape index (κ2) is 6.76. The van der Waals surface area contributed by atoms with Crippen molar-refractivity contribution in [1.82, 2.24) is 25.7 Å². The van der Waals surface area contributed by atoms with E-state index in [0.29, 0.717) is 24.2 Å². The first-order valence-electron chi connectivity index (χ1n) is 8.69. The summed E-state index contributed by atoms with van der Waals surface area (Å²) < 4.78 is 11.0. The van der Waals surface area contributed by atoms with Gasteiger partial charge in [-0.15, -0.1) is 10.2 Å². The highest BCUT2D eigenvalue weighted by Crippen LogP contribution is 2.36. The SMILES string of the molecule is Cc1nc(C2(NCc3nnc(-c4ccccc4)o3)CCCCC2)no1. The maximum atomic E-state index is 5.80. The molecule has 0 bridgehead atoms. The lowest BCUT2D eigenvalue weighted by Gasteiger charge is -2.35. The lowest BCUT2D eigenvalue weighted by atomic mass is 9.81. The molecule has 1 aliphatic carbocycles. The average molecular weight is 339 g/mol. The molecule has 2 aromatic heterocycles.